The fourth-order valence-electron chi connectivity index (χ4n) is 1.48. The Labute approximate surface area is 121 Å². The predicted molar refractivity (Wildman–Crippen MR) is 77.0 cm³/mol. The second kappa shape index (κ2) is 6.55. The maximum Gasteiger partial charge on any atom is 0.251 e. The third-order valence-electron chi connectivity index (χ3n) is 3.08. The molecule has 0 atom stereocenters. The smallest absolute Gasteiger partial charge is 0.251 e. The number of amides is 1. The summed E-state index contributed by atoms with van der Waals surface area (Å²) in [7, 11) is 0. The minimum atomic E-state index is -0.838. The molecule has 100 valence electrons. The minimum absolute atomic E-state index is 0.232. The molecule has 1 amide bonds. The molecule has 1 aromatic carbocycles. The lowest BCUT2D eigenvalue weighted by atomic mass is 9.97. The van der Waals surface area contributed by atoms with Crippen LogP contribution < -0.4 is 5.32 Å². The molecule has 0 bridgehead atoms. The Morgan fingerprint density at radius 2 is 2.06 bits per heavy atom. The number of nitrogens with one attached hydrogen (secondary N) is 1. The van der Waals surface area contributed by atoms with Crippen LogP contribution in [0.3, 0.4) is 0 Å². The molecule has 0 aromatic heterocycles. The standard InChI is InChI=1S/C13H17BrClNO2/c1-3-13(18,4-2)8-16-12(17)9-5-6-10(14)11(15)7-9/h5-7,18H,3-4,8H2,1-2H3,(H,16,17). The second-order valence-electron chi connectivity index (χ2n) is 4.24. The van der Waals surface area contributed by atoms with Gasteiger partial charge in [0.25, 0.3) is 5.91 Å². The number of hydrogen-bond acceptors (Lipinski definition) is 2. The Kier molecular flexibility index (Phi) is 5.63. The summed E-state index contributed by atoms with van der Waals surface area (Å²) >= 11 is 9.19. The van der Waals surface area contributed by atoms with Crippen molar-refractivity contribution in [3.8, 4) is 0 Å². The topological polar surface area (TPSA) is 49.3 Å². The lowest BCUT2D eigenvalue weighted by molar-refractivity contribution is 0.0314. The van der Waals surface area contributed by atoms with Gasteiger partial charge >= 0.3 is 0 Å². The van der Waals surface area contributed by atoms with Gasteiger partial charge in [0.2, 0.25) is 0 Å². The molecule has 0 saturated heterocycles. The number of halogens is 2. The van der Waals surface area contributed by atoms with E-state index < -0.39 is 5.60 Å². The van der Waals surface area contributed by atoms with Crippen molar-refractivity contribution >= 4 is 33.4 Å². The van der Waals surface area contributed by atoms with Crippen LogP contribution in [0.25, 0.3) is 0 Å². The van der Waals surface area contributed by atoms with Crippen molar-refractivity contribution in [3.05, 3.63) is 33.3 Å². The molecule has 0 fully saturated rings. The molecule has 0 radical (unpaired) electrons. The van der Waals surface area contributed by atoms with E-state index in [2.05, 4.69) is 21.2 Å². The Bertz CT molecular complexity index is 433. The molecular weight excluding hydrogens is 318 g/mol. The molecule has 0 heterocycles. The molecule has 1 aromatic rings. The van der Waals surface area contributed by atoms with Crippen molar-refractivity contribution in [2.75, 3.05) is 6.54 Å². The number of hydrogen-bond donors (Lipinski definition) is 2. The van der Waals surface area contributed by atoms with Gasteiger partial charge in [-0.2, -0.15) is 0 Å². The number of carbonyl (C=O) groups is 1. The van der Waals surface area contributed by atoms with Crippen molar-refractivity contribution in [3.63, 3.8) is 0 Å². The van der Waals surface area contributed by atoms with Crippen molar-refractivity contribution in [1.82, 2.24) is 5.32 Å². The number of rotatable bonds is 5. The SMILES string of the molecule is CCC(O)(CC)CNC(=O)c1ccc(Br)c(Cl)c1. The molecular formula is C13H17BrClNO2. The van der Waals surface area contributed by atoms with Gasteiger partial charge in [-0.05, 0) is 47.0 Å². The maximum atomic E-state index is 11.9. The van der Waals surface area contributed by atoms with Crippen LogP contribution in [-0.2, 0) is 0 Å². The first-order chi connectivity index (χ1) is 8.41. The Morgan fingerprint density at radius 3 is 2.56 bits per heavy atom. The van der Waals surface area contributed by atoms with Crippen LogP contribution in [0.5, 0.6) is 0 Å². The average Bonchev–Trinajstić information content (AvgIpc) is 2.38. The molecule has 3 nitrogen and oxygen atoms in total. The van der Waals surface area contributed by atoms with Gasteiger partial charge in [-0.25, -0.2) is 0 Å². The summed E-state index contributed by atoms with van der Waals surface area (Å²) in [6.45, 7) is 4.03. The van der Waals surface area contributed by atoms with Gasteiger partial charge in [-0.15, -0.1) is 0 Å². The highest BCUT2D eigenvalue weighted by molar-refractivity contribution is 9.10. The molecule has 0 spiro atoms. The summed E-state index contributed by atoms with van der Waals surface area (Å²) in [5.41, 5.74) is -0.354. The van der Waals surface area contributed by atoms with Crippen LogP contribution in [-0.4, -0.2) is 23.2 Å². The maximum absolute atomic E-state index is 11.9. The summed E-state index contributed by atoms with van der Waals surface area (Å²) in [4.78, 5) is 11.9. The first-order valence-electron chi connectivity index (χ1n) is 5.87. The van der Waals surface area contributed by atoms with Gasteiger partial charge < -0.3 is 10.4 Å². The van der Waals surface area contributed by atoms with Crippen LogP contribution in [0.2, 0.25) is 5.02 Å². The number of carbonyl (C=O) groups excluding carboxylic acids is 1. The Morgan fingerprint density at radius 1 is 1.44 bits per heavy atom. The van der Waals surface area contributed by atoms with Gasteiger partial charge in [-0.1, -0.05) is 25.4 Å². The summed E-state index contributed by atoms with van der Waals surface area (Å²) < 4.78 is 0.749. The van der Waals surface area contributed by atoms with E-state index in [9.17, 15) is 9.90 Å². The fraction of sp³-hybridized carbons (Fsp3) is 0.462. The van der Waals surface area contributed by atoms with Crippen molar-refractivity contribution < 1.29 is 9.90 Å². The highest BCUT2D eigenvalue weighted by Gasteiger charge is 2.23. The monoisotopic (exact) mass is 333 g/mol. The van der Waals surface area contributed by atoms with Gasteiger partial charge in [0.05, 0.1) is 10.6 Å². The summed E-state index contributed by atoms with van der Waals surface area (Å²) in [6, 6.07) is 5.00. The summed E-state index contributed by atoms with van der Waals surface area (Å²) in [5.74, 6) is -0.232. The van der Waals surface area contributed by atoms with Crippen molar-refractivity contribution in [2.45, 2.75) is 32.3 Å². The average molecular weight is 335 g/mol. The van der Waals surface area contributed by atoms with E-state index in [0.717, 1.165) is 4.47 Å². The van der Waals surface area contributed by atoms with E-state index in [1.54, 1.807) is 18.2 Å². The number of benzene rings is 1. The molecule has 18 heavy (non-hydrogen) atoms. The molecule has 5 heteroatoms. The zero-order chi connectivity index (χ0) is 13.8. The summed E-state index contributed by atoms with van der Waals surface area (Å²) in [5, 5.41) is 13.3. The molecule has 2 N–H and O–H groups in total. The van der Waals surface area contributed by atoms with Crippen LogP contribution in [0.15, 0.2) is 22.7 Å². The normalized spacial score (nSPS) is 11.4. The van der Waals surface area contributed by atoms with Crippen LogP contribution >= 0.6 is 27.5 Å². The lowest BCUT2D eigenvalue weighted by Crippen LogP contribution is -2.42. The highest BCUT2D eigenvalue weighted by Crippen LogP contribution is 2.23. The third-order valence-corrected chi connectivity index (χ3v) is 4.31. The number of aliphatic hydroxyl groups is 1. The Hall–Kier alpha value is -0.580. The zero-order valence-electron chi connectivity index (χ0n) is 10.5. The van der Waals surface area contributed by atoms with Crippen LogP contribution in [0, 0.1) is 0 Å². The fourth-order valence-corrected chi connectivity index (χ4v) is 1.91. The van der Waals surface area contributed by atoms with E-state index in [0.29, 0.717) is 23.4 Å². The Balaban J connectivity index is 2.68. The van der Waals surface area contributed by atoms with E-state index in [-0.39, 0.29) is 12.5 Å². The quantitative estimate of drug-likeness (QED) is 0.867. The van der Waals surface area contributed by atoms with Crippen LogP contribution in [0.4, 0.5) is 0 Å². The van der Waals surface area contributed by atoms with Crippen LogP contribution in [0.1, 0.15) is 37.0 Å². The lowest BCUT2D eigenvalue weighted by Gasteiger charge is -2.25. The van der Waals surface area contributed by atoms with Crippen molar-refractivity contribution in [1.29, 1.82) is 0 Å². The first-order valence-corrected chi connectivity index (χ1v) is 7.04. The third kappa shape index (κ3) is 3.97. The summed E-state index contributed by atoms with van der Waals surface area (Å²) in [6.07, 6.45) is 1.20. The van der Waals surface area contributed by atoms with Gasteiger partial charge in [0, 0.05) is 16.6 Å². The largest absolute Gasteiger partial charge is 0.388 e. The minimum Gasteiger partial charge on any atom is -0.388 e. The van der Waals surface area contributed by atoms with Gasteiger partial charge in [0.1, 0.15) is 0 Å². The molecule has 0 saturated carbocycles. The highest BCUT2D eigenvalue weighted by atomic mass is 79.9. The van der Waals surface area contributed by atoms with E-state index in [1.807, 2.05) is 13.8 Å². The molecule has 0 aliphatic heterocycles. The molecule has 0 aliphatic rings. The molecule has 0 unspecified atom stereocenters. The van der Waals surface area contributed by atoms with Crippen molar-refractivity contribution in [2.24, 2.45) is 0 Å². The zero-order valence-corrected chi connectivity index (χ0v) is 12.8. The molecule has 0 aliphatic carbocycles. The second-order valence-corrected chi connectivity index (χ2v) is 5.50. The molecule has 1 rings (SSSR count). The van der Waals surface area contributed by atoms with E-state index in [1.165, 1.54) is 0 Å². The predicted octanol–water partition coefficient (Wildman–Crippen LogP) is 3.38. The van der Waals surface area contributed by atoms with Gasteiger partial charge in [-0.3, -0.25) is 4.79 Å². The first kappa shape index (κ1) is 15.5. The van der Waals surface area contributed by atoms with Gasteiger partial charge in [0.15, 0.2) is 0 Å². The van der Waals surface area contributed by atoms with E-state index >= 15 is 0 Å². The van der Waals surface area contributed by atoms with E-state index in [4.69, 9.17) is 11.6 Å².